The van der Waals surface area contributed by atoms with Crippen molar-refractivity contribution in [1.82, 2.24) is 15.4 Å². The van der Waals surface area contributed by atoms with Crippen LogP contribution in [0.4, 0.5) is 5.82 Å². The van der Waals surface area contributed by atoms with Crippen molar-refractivity contribution in [3.05, 3.63) is 5.69 Å². The second kappa shape index (κ2) is 2.18. The lowest BCUT2D eigenvalue weighted by Gasteiger charge is -1.95. The summed E-state index contributed by atoms with van der Waals surface area (Å²) in [4.78, 5) is 0.602. The van der Waals surface area contributed by atoms with Gasteiger partial charge in [-0.25, -0.2) is 0 Å². The molecule has 0 fully saturated rings. The Labute approximate surface area is 57.9 Å². The largest absolute Gasteiger partial charge is 0.381 e. The van der Waals surface area contributed by atoms with E-state index >= 15 is 0 Å². The van der Waals surface area contributed by atoms with Gasteiger partial charge >= 0.3 is 0 Å². The van der Waals surface area contributed by atoms with E-state index < -0.39 is 0 Å². The molecule has 0 aliphatic carbocycles. The van der Waals surface area contributed by atoms with Crippen LogP contribution < -0.4 is 5.73 Å². The number of thiol groups is 1. The maximum atomic E-state index is 5.33. The summed E-state index contributed by atoms with van der Waals surface area (Å²) >= 11 is 4.02. The van der Waals surface area contributed by atoms with E-state index in [1.165, 1.54) is 0 Å². The Kier molecular flexibility index (Phi) is 1.52. The molecule has 4 nitrogen and oxygen atoms in total. The zero-order valence-electron chi connectivity index (χ0n) is 4.87. The van der Waals surface area contributed by atoms with E-state index in [9.17, 15) is 0 Å². The van der Waals surface area contributed by atoms with E-state index in [2.05, 4.69) is 28.0 Å². The summed E-state index contributed by atoms with van der Waals surface area (Å²) in [6.45, 7) is 1.77. The van der Waals surface area contributed by atoms with Gasteiger partial charge in [0.2, 0.25) is 0 Å². The minimum Gasteiger partial charge on any atom is -0.381 e. The maximum Gasteiger partial charge on any atom is 0.163 e. The topological polar surface area (TPSA) is 64.7 Å². The van der Waals surface area contributed by atoms with Crippen molar-refractivity contribution in [3.8, 4) is 0 Å². The smallest absolute Gasteiger partial charge is 0.163 e. The average molecular weight is 142 g/mol. The van der Waals surface area contributed by atoms with Crippen molar-refractivity contribution < 1.29 is 0 Å². The molecule has 1 heterocycles. The van der Waals surface area contributed by atoms with Gasteiger partial charge < -0.3 is 5.73 Å². The highest BCUT2D eigenvalue weighted by atomic mass is 32.1. The highest BCUT2D eigenvalue weighted by molar-refractivity contribution is 7.80. The summed E-state index contributed by atoms with van der Waals surface area (Å²) in [5.74, 6) is 0.325. The Balaban J connectivity index is 3.25. The highest BCUT2D eigenvalue weighted by Crippen LogP contribution is 2.13. The van der Waals surface area contributed by atoms with E-state index in [4.69, 9.17) is 5.73 Å². The van der Waals surface area contributed by atoms with Crippen molar-refractivity contribution in [1.29, 1.82) is 0 Å². The third-order valence-corrected chi connectivity index (χ3v) is 1.49. The monoisotopic (exact) mass is 142 g/mol. The van der Waals surface area contributed by atoms with Crippen LogP contribution in [0.15, 0.2) is 4.90 Å². The van der Waals surface area contributed by atoms with Gasteiger partial charge in [0.15, 0.2) is 5.82 Å². The quantitative estimate of drug-likeness (QED) is 0.502. The van der Waals surface area contributed by atoms with Crippen LogP contribution in [0.2, 0.25) is 0 Å². The van der Waals surface area contributed by atoms with Crippen molar-refractivity contribution in [2.45, 2.75) is 11.8 Å². The van der Waals surface area contributed by atoms with Crippen LogP contribution >= 0.6 is 12.6 Å². The molecule has 48 valence electrons. The lowest BCUT2D eigenvalue weighted by Crippen LogP contribution is -1.99. The SMILES string of the molecule is Cc1nnnc(N)c1S. The minimum absolute atomic E-state index is 0.325. The Bertz CT molecular complexity index is 204. The third-order valence-electron chi connectivity index (χ3n) is 0.933. The van der Waals surface area contributed by atoms with Crippen LogP contribution in [-0.4, -0.2) is 15.4 Å². The van der Waals surface area contributed by atoms with E-state index in [0.29, 0.717) is 16.4 Å². The summed E-state index contributed by atoms with van der Waals surface area (Å²) in [5, 5.41) is 10.5. The Hall–Kier alpha value is -0.840. The van der Waals surface area contributed by atoms with Crippen LogP contribution in [0.1, 0.15) is 5.69 Å². The predicted molar refractivity (Wildman–Crippen MR) is 36.2 cm³/mol. The fourth-order valence-electron chi connectivity index (χ4n) is 0.418. The van der Waals surface area contributed by atoms with Gasteiger partial charge in [-0.1, -0.05) is 0 Å². The third kappa shape index (κ3) is 1.10. The van der Waals surface area contributed by atoms with Gasteiger partial charge in [0.1, 0.15) is 0 Å². The number of hydrogen-bond acceptors (Lipinski definition) is 5. The number of nitrogens with two attached hydrogens (primary N) is 1. The van der Waals surface area contributed by atoms with Crippen molar-refractivity contribution in [2.75, 3.05) is 5.73 Å². The molecule has 0 saturated heterocycles. The van der Waals surface area contributed by atoms with Crippen LogP contribution in [0.25, 0.3) is 0 Å². The van der Waals surface area contributed by atoms with Gasteiger partial charge in [0.05, 0.1) is 10.6 Å². The lowest BCUT2D eigenvalue weighted by atomic mass is 10.4. The highest BCUT2D eigenvalue weighted by Gasteiger charge is 1.98. The first-order chi connectivity index (χ1) is 4.22. The van der Waals surface area contributed by atoms with E-state index in [-0.39, 0.29) is 0 Å². The molecular formula is C4H6N4S. The first-order valence-electron chi connectivity index (χ1n) is 2.36. The molecule has 0 spiro atoms. The molecule has 0 unspecified atom stereocenters. The van der Waals surface area contributed by atoms with Gasteiger partial charge in [-0.2, -0.15) is 0 Å². The number of aromatic nitrogens is 3. The molecule has 0 atom stereocenters. The molecule has 0 radical (unpaired) electrons. The molecule has 1 aromatic heterocycles. The van der Waals surface area contributed by atoms with Crippen molar-refractivity contribution in [2.24, 2.45) is 0 Å². The van der Waals surface area contributed by atoms with Gasteiger partial charge in [0, 0.05) is 0 Å². The average Bonchev–Trinajstić information content (AvgIpc) is 1.83. The number of rotatable bonds is 0. The normalized spacial score (nSPS) is 9.56. The molecule has 0 aliphatic heterocycles. The molecular weight excluding hydrogens is 136 g/mol. The molecule has 2 N–H and O–H groups in total. The maximum absolute atomic E-state index is 5.33. The van der Waals surface area contributed by atoms with Crippen molar-refractivity contribution >= 4 is 18.4 Å². The molecule has 0 aliphatic rings. The second-order valence-corrected chi connectivity index (χ2v) is 2.06. The molecule has 0 amide bonds. The minimum atomic E-state index is 0.325. The predicted octanol–water partition coefficient (Wildman–Crippen LogP) is 0.0509. The van der Waals surface area contributed by atoms with E-state index in [1.807, 2.05) is 0 Å². The Morgan fingerprint density at radius 2 is 2.11 bits per heavy atom. The number of aryl methyl sites for hydroxylation is 1. The molecule has 1 rings (SSSR count). The van der Waals surface area contributed by atoms with Gasteiger partial charge in [0.25, 0.3) is 0 Å². The van der Waals surface area contributed by atoms with Gasteiger partial charge in [-0.05, 0) is 12.1 Å². The van der Waals surface area contributed by atoms with E-state index in [1.54, 1.807) is 6.92 Å². The second-order valence-electron chi connectivity index (χ2n) is 1.61. The van der Waals surface area contributed by atoms with Crippen LogP contribution in [0.3, 0.4) is 0 Å². The van der Waals surface area contributed by atoms with Crippen LogP contribution in [-0.2, 0) is 0 Å². The molecule has 0 aromatic carbocycles. The first kappa shape index (κ1) is 6.28. The summed E-state index contributed by atoms with van der Waals surface area (Å²) < 4.78 is 0. The lowest BCUT2D eigenvalue weighted by molar-refractivity contribution is 0.818. The fourth-order valence-corrected chi connectivity index (χ4v) is 0.507. The van der Waals surface area contributed by atoms with Crippen LogP contribution in [0, 0.1) is 6.92 Å². The zero-order chi connectivity index (χ0) is 6.85. The number of hydrogen-bond donors (Lipinski definition) is 2. The summed E-state index contributed by atoms with van der Waals surface area (Å²) in [5.41, 5.74) is 6.03. The molecule has 9 heavy (non-hydrogen) atoms. The Morgan fingerprint density at radius 3 is 2.56 bits per heavy atom. The number of nitrogens with zero attached hydrogens (tertiary/aromatic N) is 3. The molecule has 0 saturated carbocycles. The molecule has 1 aromatic rings. The zero-order valence-corrected chi connectivity index (χ0v) is 5.76. The number of anilines is 1. The van der Waals surface area contributed by atoms with Gasteiger partial charge in [-0.15, -0.1) is 22.8 Å². The molecule has 5 heteroatoms. The number of nitrogen functional groups attached to an aromatic ring is 1. The summed E-state index contributed by atoms with van der Waals surface area (Å²) in [6.07, 6.45) is 0. The fraction of sp³-hybridized carbons (Fsp3) is 0.250. The summed E-state index contributed by atoms with van der Waals surface area (Å²) in [7, 11) is 0. The first-order valence-corrected chi connectivity index (χ1v) is 2.81. The standard InChI is InChI=1S/C4H6N4S/c1-2-3(9)4(5)7-8-6-2/h1H3,(H,8,9)(H2,5,6,7). The van der Waals surface area contributed by atoms with Crippen molar-refractivity contribution in [3.63, 3.8) is 0 Å². The Morgan fingerprint density at radius 1 is 1.44 bits per heavy atom. The summed E-state index contributed by atoms with van der Waals surface area (Å²) in [6, 6.07) is 0. The van der Waals surface area contributed by atoms with E-state index in [0.717, 1.165) is 0 Å². The molecule has 0 bridgehead atoms. The van der Waals surface area contributed by atoms with Crippen LogP contribution in [0.5, 0.6) is 0 Å². The van der Waals surface area contributed by atoms with Gasteiger partial charge in [-0.3, -0.25) is 0 Å².